The highest BCUT2D eigenvalue weighted by atomic mass is 32.2. The molecule has 0 saturated carbocycles. The van der Waals surface area contributed by atoms with Gasteiger partial charge in [-0.15, -0.1) is 0 Å². The van der Waals surface area contributed by atoms with Gasteiger partial charge in [0, 0.05) is 19.6 Å². The van der Waals surface area contributed by atoms with Gasteiger partial charge in [-0.3, -0.25) is 4.79 Å². The Labute approximate surface area is 151 Å². The number of likely N-dealkylation sites (tertiary alicyclic amines) is 1. The first-order valence-corrected chi connectivity index (χ1v) is 10.9. The molecule has 2 fully saturated rings. The molecule has 25 heavy (non-hydrogen) atoms. The van der Waals surface area contributed by atoms with Gasteiger partial charge in [-0.2, -0.15) is 4.31 Å². The van der Waals surface area contributed by atoms with Crippen molar-refractivity contribution >= 4 is 15.9 Å². The van der Waals surface area contributed by atoms with Gasteiger partial charge in [0.05, 0.1) is 5.75 Å². The Morgan fingerprint density at radius 2 is 1.76 bits per heavy atom. The van der Waals surface area contributed by atoms with E-state index in [2.05, 4.69) is 6.92 Å². The highest BCUT2D eigenvalue weighted by Crippen LogP contribution is 2.26. The van der Waals surface area contributed by atoms with Crippen LogP contribution in [0.4, 0.5) is 0 Å². The number of nitrogens with zero attached hydrogens (tertiary/aromatic N) is 2. The van der Waals surface area contributed by atoms with E-state index in [1.165, 1.54) is 4.31 Å². The predicted octanol–water partition coefficient (Wildman–Crippen LogP) is 2.28. The zero-order chi connectivity index (χ0) is 17.9. The summed E-state index contributed by atoms with van der Waals surface area (Å²) in [6.07, 6.45) is 3.93. The Morgan fingerprint density at radius 1 is 1.08 bits per heavy atom. The molecule has 1 aromatic rings. The third-order valence-electron chi connectivity index (χ3n) is 5.43. The molecule has 0 radical (unpaired) electrons. The number of amides is 1. The van der Waals surface area contributed by atoms with Crippen molar-refractivity contribution in [2.75, 3.05) is 25.4 Å². The number of carbonyl (C=O) groups is 1. The molecule has 6 heteroatoms. The average molecular weight is 365 g/mol. The summed E-state index contributed by atoms with van der Waals surface area (Å²) in [6.45, 7) is 4.19. The Bertz CT molecular complexity index is 682. The molecule has 2 aliphatic rings. The normalized spacial score (nSPS) is 23.1. The van der Waals surface area contributed by atoms with Crippen LogP contribution >= 0.6 is 0 Å². The molecule has 2 saturated heterocycles. The average Bonchev–Trinajstić information content (AvgIpc) is 3.12. The van der Waals surface area contributed by atoms with Crippen LogP contribution in [-0.2, 0) is 21.2 Å². The number of piperidine rings is 1. The molecule has 0 spiro atoms. The first-order chi connectivity index (χ1) is 12.0. The molecule has 0 bridgehead atoms. The van der Waals surface area contributed by atoms with Crippen LogP contribution in [0.25, 0.3) is 0 Å². The van der Waals surface area contributed by atoms with Gasteiger partial charge in [0.15, 0.2) is 0 Å². The van der Waals surface area contributed by atoms with Gasteiger partial charge in [-0.25, -0.2) is 8.42 Å². The molecule has 0 N–H and O–H groups in total. The lowest BCUT2D eigenvalue weighted by Gasteiger charge is -2.34. The van der Waals surface area contributed by atoms with E-state index in [0.29, 0.717) is 25.3 Å². The van der Waals surface area contributed by atoms with E-state index in [-0.39, 0.29) is 11.7 Å². The fraction of sp³-hybridized carbons (Fsp3) is 0.632. The minimum absolute atomic E-state index is 0.00712. The van der Waals surface area contributed by atoms with Gasteiger partial charge in [0.2, 0.25) is 15.9 Å². The second-order valence-electron chi connectivity index (χ2n) is 7.33. The minimum Gasteiger partial charge on any atom is -0.341 e. The van der Waals surface area contributed by atoms with Crippen molar-refractivity contribution in [3.8, 4) is 0 Å². The summed E-state index contributed by atoms with van der Waals surface area (Å²) in [5.74, 6) is 0.726. The second kappa shape index (κ2) is 7.87. The van der Waals surface area contributed by atoms with Crippen molar-refractivity contribution in [3.05, 3.63) is 35.9 Å². The monoisotopic (exact) mass is 364 g/mol. The quantitative estimate of drug-likeness (QED) is 0.805. The van der Waals surface area contributed by atoms with E-state index >= 15 is 0 Å². The first kappa shape index (κ1) is 18.4. The Morgan fingerprint density at radius 3 is 2.44 bits per heavy atom. The van der Waals surface area contributed by atoms with E-state index in [1.807, 2.05) is 35.2 Å². The number of benzene rings is 1. The molecule has 0 unspecified atom stereocenters. The molecule has 0 aliphatic carbocycles. The smallest absolute Gasteiger partial charge is 0.241 e. The Kier molecular flexibility index (Phi) is 5.79. The summed E-state index contributed by atoms with van der Waals surface area (Å²) in [4.78, 5) is 14.7. The fourth-order valence-electron chi connectivity index (χ4n) is 3.77. The molecule has 2 aliphatic heterocycles. The zero-order valence-corrected chi connectivity index (χ0v) is 15.7. The van der Waals surface area contributed by atoms with Crippen LogP contribution in [0.5, 0.6) is 0 Å². The number of rotatable bonds is 5. The van der Waals surface area contributed by atoms with E-state index < -0.39 is 16.1 Å². The number of sulfonamides is 1. The van der Waals surface area contributed by atoms with Crippen LogP contribution in [0.1, 0.15) is 38.2 Å². The van der Waals surface area contributed by atoms with Crippen molar-refractivity contribution in [1.82, 2.24) is 9.21 Å². The number of hydrogen-bond donors (Lipinski definition) is 0. The van der Waals surface area contributed by atoms with Crippen LogP contribution in [0, 0.1) is 5.92 Å². The molecule has 5 nitrogen and oxygen atoms in total. The number of hydrogen-bond acceptors (Lipinski definition) is 3. The fourth-order valence-corrected chi connectivity index (χ4v) is 5.49. The van der Waals surface area contributed by atoms with Crippen molar-refractivity contribution in [3.63, 3.8) is 0 Å². The largest absolute Gasteiger partial charge is 0.341 e. The number of carbonyl (C=O) groups excluding carboxylic acids is 1. The lowest BCUT2D eigenvalue weighted by atomic mass is 9.98. The maximum atomic E-state index is 12.9. The summed E-state index contributed by atoms with van der Waals surface area (Å²) >= 11 is 0. The molecule has 1 amide bonds. The Balaban J connectivity index is 1.64. The molecule has 2 heterocycles. The predicted molar refractivity (Wildman–Crippen MR) is 98.6 cm³/mol. The van der Waals surface area contributed by atoms with Crippen molar-refractivity contribution in [2.45, 2.75) is 45.1 Å². The van der Waals surface area contributed by atoms with E-state index in [0.717, 1.165) is 37.9 Å². The van der Waals surface area contributed by atoms with Crippen molar-refractivity contribution in [2.24, 2.45) is 5.92 Å². The van der Waals surface area contributed by atoms with Gasteiger partial charge >= 0.3 is 0 Å². The number of aryl methyl sites for hydroxylation is 1. The second-order valence-corrected chi connectivity index (χ2v) is 9.37. The van der Waals surface area contributed by atoms with Crippen LogP contribution in [0.15, 0.2) is 30.3 Å². The topological polar surface area (TPSA) is 57.7 Å². The summed E-state index contributed by atoms with van der Waals surface area (Å²) in [6, 6.07) is 9.15. The lowest BCUT2D eigenvalue weighted by Crippen LogP contribution is -2.50. The minimum atomic E-state index is -3.42. The molecule has 1 aromatic carbocycles. The Hall–Kier alpha value is -1.40. The summed E-state index contributed by atoms with van der Waals surface area (Å²) in [7, 11) is -3.42. The van der Waals surface area contributed by atoms with Gasteiger partial charge < -0.3 is 4.90 Å². The van der Waals surface area contributed by atoms with Crippen molar-refractivity contribution < 1.29 is 13.2 Å². The maximum Gasteiger partial charge on any atom is 0.241 e. The summed E-state index contributed by atoms with van der Waals surface area (Å²) < 4.78 is 27.1. The maximum absolute atomic E-state index is 12.9. The molecule has 3 rings (SSSR count). The summed E-state index contributed by atoms with van der Waals surface area (Å²) in [5, 5.41) is 0. The molecular weight excluding hydrogens is 336 g/mol. The van der Waals surface area contributed by atoms with Crippen LogP contribution < -0.4 is 0 Å². The van der Waals surface area contributed by atoms with E-state index in [1.54, 1.807) is 0 Å². The molecule has 138 valence electrons. The third kappa shape index (κ3) is 4.42. The third-order valence-corrected chi connectivity index (χ3v) is 7.30. The highest BCUT2D eigenvalue weighted by molar-refractivity contribution is 7.89. The van der Waals surface area contributed by atoms with E-state index in [9.17, 15) is 13.2 Å². The molecule has 1 atom stereocenters. The lowest BCUT2D eigenvalue weighted by molar-refractivity contribution is -0.135. The highest BCUT2D eigenvalue weighted by Gasteiger charge is 2.40. The zero-order valence-electron chi connectivity index (χ0n) is 14.9. The van der Waals surface area contributed by atoms with Gasteiger partial charge in [-0.1, -0.05) is 37.3 Å². The van der Waals surface area contributed by atoms with Crippen LogP contribution in [-0.4, -0.2) is 55.0 Å². The van der Waals surface area contributed by atoms with Crippen LogP contribution in [0.2, 0.25) is 0 Å². The van der Waals surface area contributed by atoms with Crippen LogP contribution in [0.3, 0.4) is 0 Å². The van der Waals surface area contributed by atoms with Gasteiger partial charge in [0.1, 0.15) is 6.04 Å². The molecular formula is C19H28N2O3S. The summed E-state index contributed by atoms with van der Waals surface area (Å²) in [5.41, 5.74) is 1.01. The van der Waals surface area contributed by atoms with Gasteiger partial charge in [-0.05, 0) is 43.6 Å². The van der Waals surface area contributed by atoms with Crippen molar-refractivity contribution in [1.29, 1.82) is 0 Å². The van der Waals surface area contributed by atoms with Gasteiger partial charge in [0.25, 0.3) is 0 Å². The first-order valence-electron chi connectivity index (χ1n) is 9.29. The molecule has 0 aromatic heterocycles. The SMILES string of the molecule is CC1CCN(C(=O)[C@@H]2CCCN2S(=O)(=O)CCc2ccccc2)CC1. The van der Waals surface area contributed by atoms with E-state index in [4.69, 9.17) is 0 Å². The standard InChI is InChI=1S/C19H28N2O3S/c1-16-9-13-20(14-10-16)19(22)18-8-5-12-21(18)25(23,24)15-11-17-6-3-2-4-7-17/h2-4,6-7,16,18H,5,8-15H2,1H3/t18-/m0/s1.